The second-order valence-corrected chi connectivity index (χ2v) is 2.54. The monoisotopic (exact) mass is 216 g/mol. The van der Waals surface area contributed by atoms with Crippen molar-refractivity contribution in [3.05, 3.63) is 16.1 Å². The SMILES string of the molecule is Cl.Cl.NCc1nc(CO)cs1. The van der Waals surface area contributed by atoms with Crippen LogP contribution in [0.4, 0.5) is 0 Å². The molecule has 1 heterocycles. The number of aliphatic hydroxyl groups excluding tert-OH is 1. The van der Waals surface area contributed by atoms with Gasteiger partial charge in [0, 0.05) is 11.9 Å². The summed E-state index contributed by atoms with van der Waals surface area (Å²) in [6.07, 6.45) is 0. The molecule has 3 N–H and O–H groups in total. The minimum atomic E-state index is 0. The largest absolute Gasteiger partial charge is 0.390 e. The van der Waals surface area contributed by atoms with Gasteiger partial charge in [0.25, 0.3) is 0 Å². The first-order valence-corrected chi connectivity index (χ1v) is 3.49. The van der Waals surface area contributed by atoms with Crippen LogP contribution >= 0.6 is 36.2 Å². The van der Waals surface area contributed by atoms with Gasteiger partial charge in [0.05, 0.1) is 12.3 Å². The number of hydrogen-bond acceptors (Lipinski definition) is 4. The molecule has 0 spiro atoms. The topological polar surface area (TPSA) is 59.1 Å². The van der Waals surface area contributed by atoms with Crippen molar-refractivity contribution < 1.29 is 5.11 Å². The van der Waals surface area contributed by atoms with Crippen LogP contribution in [0.25, 0.3) is 0 Å². The van der Waals surface area contributed by atoms with E-state index in [4.69, 9.17) is 10.8 Å². The molecule has 66 valence electrons. The number of rotatable bonds is 2. The minimum absolute atomic E-state index is 0. The molecular formula is C5H10Cl2N2OS. The van der Waals surface area contributed by atoms with Gasteiger partial charge in [0.2, 0.25) is 0 Å². The molecule has 3 nitrogen and oxygen atoms in total. The Bertz CT molecular complexity index is 176. The standard InChI is InChI=1S/C5H8N2OS.2ClH/c6-1-5-7-4(2-8)3-9-5;;/h3,8H,1-2,6H2;2*1H. The Labute approximate surface area is 81.5 Å². The highest BCUT2D eigenvalue weighted by molar-refractivity contribution is 7.09. The fourth-order valence-electron chi connectivity index (χ4n) is 0.515. The minimum Gasteiger partial charge on any atom is -0.390 e. The number of aliphatic hydroxyl groups is 1. The third kappa shape index (κ3) is 3.88. The molecule has 0 aromatic carbocycles. The molecular weight excluding hydrogens is 207 g/mol. The van der Waals surface area contributed by atoms with Gasteiger partial charge in [-0.15, -0.1) is 36.2 Å². The highest BCUT2D eigenvalue weighted by Gasteiger charge is 1.96. The van der Waals surface area contributed by atoms with Crippen LogP contribution < -0.4 is 5.73 Å². The quantitative estimate of drug-likeness (QED) is 0.774. The van der Waals surface area contributed by atoms with Crippen LogP contribution in [0.5, 0.6) is 0 Å². The van der Waals surface area contributed by atoms with Gasteiger partial charge in [-0.3, -0.25) is 0 Å². The van der Waals surface area contributed by atoms with E-state index in [2.05, 4.69) is 4.98 Å². The van der Waals surface area contributed by atoms with Gasteiger partial charge in [-0.1, -0.05) is 0 Å². The molecule has 11 heavy (non-hydrogen) atoms. The summed E-state index contributed by atoms with van der Waals surface area (Å²) < 4.78 is 0. The first kappa shape index (κ1) is 13.7. The lowest BCUT2D eigenvalue weighted by Gasteiger charge is -1.83. The predicted molar refractivity (Wildman–Crippen MR) is 50.4 cm³/mol. The summed E-state index contributed by atoms with van der Waals surface area (Å²) in [6.45, 7) is 0.473. The average Bonchev–Trinajstić information content (AvgIpc) is 2.34. The number of aromatic nitrogens is 1. The Morgan fingerprint density at radius 3 is 2.45 bits per heavy atom. The summed E-state index contributed by atoms with van der Waals surface area (Å²) in [7, 11) is 0. The van der Waals surface area contributed by atoms with Crippen molar-refractivity contribution in [2.24, 2.45) is 5.73 Å². The molecule has 0 radical (unpaired) electrons. The van der Waals surface area contributed by atoms with Crippen LogP contribution in [0.1, 0.15) is 10.7 Å². The van der Waals surface area contributed by atoms with Crippen LogP contribution in [-0.4, -0.2) is 10.1 Å². The maximum atomic E-state index is 8.55. The summed E-state index contributed by atoms with van der Waals surface area (Å²) in [5.74, 6) is 0. The second kappa shape index (κ2) is 6.82. The van der Waals surface area contributed by atoms with Crippen molar-refractivity contribution in [2.75, 3.05) is 0 Å². The predicted octanol–water partition coefficient (Wildman–Crippen LogP) is 0.938. The van der Waals surface area contributed by atoms with E-state index in [9.17, 15) is 0 Å². The van der Waals surface area contributed by atoms with Gasteiger partial charge < -0.3 is 10.8 Å². The third-order valence-corrected chi connectivity index (χ3v) is 1.86. The molecule has 1 rings (SSSR count). The Hall–Kier alpha value is 0.130. The zero-order valence-corrected chi connectivity index (χ0v) is 8.14. The zero-order chi connectivity index (χ0) is 6.69. The second-order valence-electron chi connectivity index (χ2n) is 1.59. The first-order valence-electron chi connectivity index (χ1n) is 2.61. The molecule has 0 atom stereocenters. The summed E-state index contributed by atoms with van der Waals surface area (Å²) in [5, 5.41) is 11.2. The molecule has 0 amide bonds. The van der Waals surface area contributed by atoms with Crippen molar-refractivity contribution in [3.63, 3.8) is 0 Å². The lowest BCUT2D eigenvalue weighted by atomic mass is 10.5. The fourth-order valence-corrected chi connectivity index (χ4v) is 1.18. The lowest BCUT2D eigenvalue weighted by molar-refractivity contribution is 0.277. The Balaban J connectivity index is 0. The van der Waals surface area contributed by atoms with Gasteiger partial charge in [0.15, 0.2) is 0 Å². The number of nitrogens with zero attached hydrogens (tertiary/aromatic N) is 1. The van der Waals surface area contributed by atoms with Gasteiger partial charge in [0.1, 0.15) is 5.01 Å². The maximum Gasteiger partial charge on any atom is 0.107 e. The summed E-state index contributed by atoms with van der Waals surface area (Å²) in [5.41, 5.74) is 5.99. The van der Waals surface area contributed by atoms with Crippen molar-refractivity contribution in [1.82, 2.24) is 4.98 Å². The Kier molecular flexibility index (Phi) is 8.49. The third-order valence-electron chi connectivity index (χ3n) is 0.936. The number of thiazole rings is 1. The van der Waals surface area contributed by atoms with Gasteiger partial charge in [-0.05, 0) is 0 Å². The van der Waals surface area contributed by atoms with E-state index in [1.54, 1.807) is 0 Å². The Morgan fingerprint density at radius 2 is 2.18 bits per heavy atom. The van der Waals surface area contributed by atoms with Crippen molar-refractivity contribution in [3.8, 4) is 0 Å². The van der Waals surface area contributed by atoms with E-state index in [1.165, 1.54) is 11.3 Å². The molecule has 0 saturated heterocycles. The average molecular weight is 217 g/mol. The van der Waals surface area contributed by atoms with Gasteiger partial charge in [-0.25, -0.2) is 4.98 Å². The molecule has 0 saturated carbocycles. The van der Waals surface area contributed by atoms with Crippen LogP contribution in [0, 0.1) is 0 Å². The summed E-state index contributed by atoms with van der Waals surface area (Å²) >= 11 is 1.48. The van der Waals surface area contributed by atoms with E-state index in [0.717, 1.165) is 5.01 Å². The molecule has 0 aliphatic carbocycles. The number of nitrogens with two attached hydrogens (primary N) is 1. The molecule has 0 unspecified atom stereocenters. The van der Waals surface area contributed by atoms with Crippen LogP contribution in [0.3, 0.4) is 0 Å². The number of halogens is 2. The smallest absolute Gasteiger partial charge is 0.107 e. The lowest BCUT2D eigenvalue weighted by Crippen LogP contribution is -1.95. The van der Waals surface area contributed by atoms with Gasteiger partial charge >= 0.3 is 0 Å². The molecule has 1 aromatic rings. The Morgan fingerprint density at radius 1 is 1.55 bits per heavy atom. The molecule has 0 fully saturated rings. The molecule has 0 bridgehead atoms. The van der Waals surface area contributed by atoms with E-state index in [0.29, 0.717) is 12.2 Å². The van der Waals surface area contributed by atoms with E-state index in [-0.39, 0.29) is 31.4 Å². The first-order chi connectivity index (χ1) is 4.36. The normalized spacial score (nSPS) is 8.18. The van der Waals surface area contributed by atoms with Crippen LogP contribution in [0.2, 0.25) is 0 Å². The van der Waals surface area contributed by atoms with E-state index >= 15 is 0 Å². The molecule has 6 heteroatoms. The zero-order valence-electron chi connectivity index (χ0n) is 5.69. The fraction of sp³-hybridized carbons (Fsp3) is 0.400. The molecule has 0 aliphatic heterocycles. The number of hydrogen-bond donors (Lipinski definition) is 2. The summed E-state index contributed by atoms with van der Waals surface area (Å²) in [4.78, 5) is 3.99. The maximum absolute atomic E-state index is 8.55. The molecule has 1 aromatic heterocycles. The highest BCUT2D eigenvalue weighted by atomic mass is 35.5. The van der Waals surface area contributed by atoms with Crippen molar-refractivity contribution in [1.29, 1.82) is 0 Å². The van der Waals surface area contributed by atoms with Crippen molar-refractivity contribution >= 4 is 36.2 Å². The van der Waals surface area contributed by atoms with E-state index in [1.807, 2.05) is 5.38 Å². The highest BCUT2D eigenvalue weighted by Crippen LogP contribution is 2.07. The van der Waals surface area contributed by atoms with Gasteiger partial charge in [-0.2, -0.15) is 0 Å². The summed E-state index contributed by atoms with van der Waals surface area (Å²) in [6, 6.07) is 0. The van der Waals surface area contributed by atoms with Crippen LogP contribution in [-0.2, 0) is 13.2 Å². The van der Waals surface area contributed by atoms with Crippen molar-refractivity contribution in [2.45, 2.75) is 13.2 Å². The van der Waals surface area contributed by atoms with E-state index < -0.39 is 0 Å². The van der Waals surface area contributed by atoms with Crippen LogP contribution in [0.15, 0.2) is 5.38 Å². The molecule has 0 aliphatic rings.